The van der Waals surface area contributed by atoms with Crippen LogP contribution in [0.3, 0.4) is 0 Å². The van der Waals surface area contributed by atoms with Gasteiger partial charge in [0.05, 0.1) is 57.3 Å². The number of methoxy groups -OCH3 is 2. The summed E-state index contributed by atoms with van der Waals surface area (Å²) in [5.74, 6) is -0.0942. The predicted octanol–water partition coefficient (Wildman–Crippen LogP) is 9.07. The molecule has 60 heavy (non-hydrogen) atoms. The number of nitro groups is 1. The first kappa shape index (κ1) is 47.3. The topological polar surface area (TPSA) is 123 Å². The van der Waals surface area contributed by atoms with E-state index >= 15 is 0 Å². The molecule has 8 nitrogen and oxygen atoms in total. The quantitative estimate of drug-likeness (QED) is 0.0594. The van der Waals surface area contributed by atoms with Crippen molar-refractivity contribution in [2.24, 2.45) is 0 Å². The SMILES string of the molecule is COc1c(Cl)ccc([PH+](c2ccccc2)c2ccccc2)c1-c1c([PH+](c2ccccc2)c2ccccc2)ccc(Cl)c1OC.N#Cc1c[c-]c(C(=O)O)cc1[N+](=O)[O-].[CH3-].[Ir]. The standard InChI is InChI=1S/C38H30Cl2O2P2.C8H3N2O4.CH3.Ir/c1-41-37-31(39)23-25-33(43(27-15-7-3-8-16-27)28-17-9-4-10-18-28)35(37)36-34(26-24-32(40)38(36)42-2)44(29-19-11-5-12-20-29)30-21-13-6-14-22-30;9-4-6-2-1-5(8(11)12)3-7(6)10(13)14;;/h3-26H,1-2H3;2-3H,(H,11,12);1H3;/q;2*-1;/p+2. The molecule has 0 unspecified atom stereocenters. The summed E-state index contributed by atoms with van der Waals surface area (Å²) in [7, 11) is 0.296. The fourth-order valence-electron chi connectivity index (χ4n) is 6.65. The zero-order chi connectivity index (χ0) is 41.2. The minimum atomic E-state index is -1.54. The van der Waals surface area contributed by atoms with Gasteiger partial charge in [-0.3, -0.25) is 10.1 Å². The van der Waals surface area contributed by atoms with Crippen molar-refractivity contribution in [1.82, 2.24) is 0 Å². The number of nitriles is 1. The zero-order valence-electron chi connectivity index (χ0n) is 32.5. The predicted molar refractivity (Wildman–Crippen MR) is 245 cm³/mol. The van der Waals surface area contributed by atoms with Crippen molar-refractivity contribution in [3.63, 3.8) is 0 Å². The summed E-state index contributed by atoms with van der Waals surface area (Å²) in [6.45, 7) is 0. The van der Waals surface area contributed by atoms with E-state index in [9.17, 15) is 14.9 Å². The number of rotatable bonds is 11. The van der Waals surface area contributed by atoms with Gasteiger partial charge in [0.15, 0.2) is 0 Å². The fraction of sp³-hybridized carbons (Fsp3) is 0.0426. The van der Waals surface area contributed by atoms with Crippen LogP contribution in [-0.4, -0.2) is 30.2 Å². The Hall–Kier alpha value is -5.41. The van der Waals surface area contributed by atoms with Crippen molar-refractivity contribution in [1.29, 1.82) is 5.26 Å². The van der Waals surface area contributed by atoms with Crippen LogP contribution in [0.15, 0.2) is 158 Å². The van der Waals surface area contributed by atoms with Crippen LogP contribution >= 0.6 is 39.0 Å². The summed E-state index contributed by atoms with van der Waals surface area (Å²) >= 11 is 13.9. The molecule has 0 aromatic heterocycles. The summed E-state index contributed by atoms with van der Waals surface area (Å²) in [5.41, 5.74) is 0.773. The summed E-state index contributed by atoms with van der Waals surface area (Å²) in [6.07, 6.45) is 0. The van der Waals surface area contributed by atoms with Gasteiger partial charge in [-0.1, -0.05) is 108 Å². The Bertz CT molecular complexity index is 2380. The number of hydrogen-bond donors (Lipinski definition) is 1. The van der Waals surface area contributed by atoms with Crippen LogP contribution in [0.2, 0.25) is 10.0 Å². The summed E-state index contributed by atoms with van der Waals surface area (Å²) < 4.78 is 12.4. The summed E-state index contributed by atoms with van der Waals surface area (Å²) in [4.78, 5) is 20.0. The molecule has 0 bridgehead atoms. The smallest absolute Gasteiger partial charge is 0.247 e. The first-order valence-electron chi connectivity index (χ1n) is 17.7. The Morgan fingerprint density at radius 3 is 1.32 bits per heavy atom. The monoisotopic (exact) mass is 1050 g/mol. The first-order valence-corrected chi connectivity index (χ1v) is 21.5. The van der Waals surface area contributed by atoms with Crippen LogP contribution in [0, 0.1) is 34.9 Å². The van der Waals surface area contributed by atoms with E-state index in [4.69, 9.17) is 43.0 Å². The molecule has 305 valence electrons. The Morgan fingerprint density at radius 2 is 1.03 bits per heavy atom. The van der Waals surface area contributed by atoms with Crippen molar-refractivity contribution in [2.75, 3.05) is 14.2 Å². The van der Waals surface area contributed by atoms with Gasteiger partial charge in [0.25, 0.3) is 0 Å². The second-order valence-corrected chi connectivity index (χ2v) is 18.2. The van der Waals surface area contributed by atoms with Gasteiger partial charge in [-0.25, -0.2) is 5.26 Å². The van der Waals surface area contributed by atoms with E-state index in [2.05, 4.69) is 140 Å². The van der Waals surface area contributed by atoms with Crippen molar-refractivity contribution < 1.29 is 44.4 Å². The number of carboxylic acids is 1. The number of nitro benzene ring substituents is 1. The molecule has 0 heterocycles. The van der Waals surface area contributed by atoms with Crippen LogP contribution in [0.25, 0.3) is 11.1 Å². The van der Waals surface area contributed by atoms with Gasteiger partial charge in [0.1, 0.15) is 43.3 Å². The number of carboxylic acid groups (broad SMARTS) is 1. The number of hydrogen-bond acceptors (Lipinski definition) is 6. The average molecular weight is 1050 g/mol. The fourth-order valence-corrected chi connectivity index (χ4v) is 12.6. The molecule has 0 saturated heterocycles. The van der Waals surface area contributed by atoms with Crippen LogP contribution < -0.4 is 41.3 Å². The average Bonchev–Trinajstić information content (AvgIpc) is 3.26. The normalized spacial score (nSPS) is 10.3. The third-order valence-corrected chi connectivity index (χ3v) is 15.3. The third kappa shape index (κ3) is 10.5. The van der Waals surface area contributed by atoms with E-state index in [1.165, 1.54) is 21.2 Å². The second-order valence-electron chi connectivity index (χ2n) is 12.5. The van der Waals surface area contributed by atoms with Crippen LogP contribution in [-0.2, 0) is 20.1 Å². The number of aromatic carboxylic acids is 1. The molecule has 0 amide bonds. The molecule has 0 aliphatic heterocycles. The van der Waals surface area contributed by atoms with Crippen LogP contribution in [0.1, 0.15) is 15.9 Å². The van der Waals surface area contributed by atoms with Gasteiger partial charge in [-0.2, -0.15) is 0 Å². The molecule has 7 aromatic carbocycles. The van der Waals surface area contributed by atoms with E-state index < -0.39 is 32.4 Å². The molecule has 7 aromatic rings. The summed E-state index contributed by atoms with van der Waals surface area (Å²) in [6, 6.07) is 56.6. The Labute approximate surface area is 375 Å². The largest absolute Gasteiger partial charge is 0.521 e. The molecule has 0 atom stereocenters. The van der Waals surface area contributed by atoms with Gasteiger partial charge in [-0.15, -0.1) is 12.1 Å². The minimum Gasteiger partial charge on any atom is -0.521 e. The van der Waals surface area contributed by atoms with Crippen LogP contribution in [0.4, 0.5) is 5.69 Å². The molecule has 13 heteroatoms. The van der Waals surface area contributed by atoms with Crippen molar-refractivity contribution >= 4 is 82.5 Å². The molecule has 0 aliphatic rings. The third-order valence-electron chi connectivity index (χ3n) is 9.14. The Balaban J connectivity index is 0.000000424. The van der Waals surface area contributed by atoms with Crippen LogP contribution in [0.5, 0.6) is 11.5 Å². The summed E-state index contributed by atoms with van der Waals surface area (Å²) in [5, 5.41) is 35.8. The van der Waals surface area contributed by atoms with E-state index in [1.807, 2.05) is 12.1 Å². The van der Waals surface area contributed by atoms with E-state index in [-0.39, 0.29) is 38.7 Å². The molecule has 0 saturated carbocycles. The molecule has 1 N–H and O–H groups in total. The molecule has 7 rings (SSSR count). The number of ether oxygens (including phenoxy) is 2. The maximum absolute atomic E-state index is 10.4. The molecular weight excluding hydrogens is 1010 g/mol. The molecule has 0 aliphatic carbocycles. The number of halogens is 2. The molecule has 0 fully saturated rings. The minimum absolute atomic E-state index is 0. The molecule has 1 radical (unpaired) electrons. The Kier molecular flexibility index (Phi) is 17.5. The van der Waals surface area contributed by atoms with Gasteiger partial charge < -0.3 is 26.8 Å². The van der Waals surface area contributed by atoms with Gasteiger partial charge in [0.2, 0.25) is 11.7 Å². The number of nitrogens with zero attached hydrogens (tertiary/aromatic N) is 2. The van der Waals surface area contributed by atoms with Gasteiger partial charge in [-0.05, 0) is 72.8 Å². The molecule has 0 spiro atoms. The second kappa shape index (κ2) is 22.3. The van der Waals surface area contributed by atoms with Gasteiger partial charge >= 0.3 is 0 Å². The number of benzene rings is 7. The maximum Gasteiger partial charge on any atom is 0.247 e. The molecular formula is C47H38Cl2IrN2O6P2. The van der Waals surface area contributed by atoms with E-state index in [0.717, 1.165) is 33.9 Å². The number of carbonyl (C=O) groups is 1. The zero-order valence-corrected chi connectivity index (χ0v) is 38.4. The Morgan fingerprint density at radius 1 is 0.683 bits per heavy atom. The van der Waals surface area contributed by atoms with Crippen molar-refractivity contribution in [2.45, 2.75) is 0 Å². The van der Waals surface area contributed by atoms with Crippen molar-refractivity contribution in [3.8, 4) is 28.7 Å². The van der Waals surface area contributed by atoms with E-state index in [1.54, 1.807) is 20.3 Å². The van der Waals surface area contributed by atoms with Crippen molar-refractivity contribution in [3.05, 3.63) is 203 Å². The van der Waals surface area contributed by atoms with Gasteiger partial charge in [0, 0.05) is 30.6 Å². The maximum atomic E-state index is 10.4. The van der Waals surface area contributed by atoms with E-state index in [0.29, 0.717) is 21.5 Å². The first-order chi connectivity index (χ1) is 28.2.